The summed E-state index contributed by atoms with van der Waals surface area (Å²) in [5.74, 6) is 0.958. The van der Waals surface area contributed by atoms with Crippen LogP contribution in [0.1, 0.15) is 40.5 Å². The number of rotatable bonds is 1. The van der Waals surface area contributed by atoms with Crippen molar-refractivity contribution in [3.05, 3.63) is 0 Å². The summed E-state index contributed by atoms with van der Waals surface area (Å²) in [5, 5.41) is 0. The van der Waals surface area contributed by atoms with E-state index in [1.807, 2.05) is 11.8 Å². The standard InChI is InChI=1S/C10H19NO/c1-5-9(12)11-7-8(2)6-10(11,3)4/h8H,5-7H2,1-4H3. The number of likely N-dealkylation sites (tertiary alicyclic amines) is 1. The Balaban J connectivity index is 2.71. The minimum Gasteiger partial charge on any atom is -0.337 e. The molecule has 1 rings (SSSR count). The molecule has 1 fully saturated rings. The molecule has 1 aliphatic heterocycles. The van der Waals surface area contributed by atoms with Gasteiger partial charge in [0.25, 0.3) is 0 Å². The van der Waals surface area contributed by atoms with Crippen molar-refractivity contribution in [2.45, 2.75) is 46.1 Å². The van der Waals surface area contributed by atoms with Gasteiger partial charge in [0.1, 0.15) is 0 Å². The van der Waals surface area contributed by atoms with Crippen LogP contribution >= 0.6 is 0 Å². The van der Waals surface area contributed by atoms with Crippen molar-refractivity contribution in [2.75, 3.05) is 6.54 Å². The van der Waals surface area contributed by atoms with Crippen LogP contribution in [0.2, 0.25) is 0 Å². The second-order valence-electron chi connectivity index (χ2n) is 4.48. The molecule has 0 N–H and O–H groups in total. The molecule has 1 aliphatic rings. The molecule has 0 aromatic rings. The second kappa shape index (κ2) is 3.08. The van der Waals surface area contributed by atoms with E-state index in [1.54, 1.807) is 0 Å². The fourth-order valence-electron chi connectivity index (χ4n) is 2.22. The maximum Gasteiger partial charge on any atom is 0.222 e. The van der Waals surface area contributed by atoms with Gasteiger partial charge in [-0.25, -0.2) is 0 Å². The molecule has 0 saturated carbocycles. The Bertz CT molecular complexity index is 186. The number of hydrogen-bond donors (Lipinski definition) is 0. The van der Waals surface area contributed by atoms with E-state index < -0.39 is 0 Å². The molecule has 0 aromatic carbocycles. The topological polar surface area (TPSA) is 20.3 Å². The first-order valence-electron chi connectivity index (χ1n) is 4.78. The summed E-state index contributed by atoms with van der Waals surface area (Å²) in [5.41, 5.74) is 0.0898. The minimum absolute atomic E-state index is 0.0898. The first-order valence-corrected chi connectivity index (χ1v) is 4.78. The normalized spacial score (nSPS) is 27.7. The number of carbonyl (C=O) groups excluding carboxylic acids is 1. The van der Waals surface area contributed by atoms with Gasteiger partial charge in [0.05, 0.1) is 0 Å². The highest BCUT2D eigenvalue weighted by atomic mass is 16.2. The highest BCUT2D eigenvalue weighted by Crippen LogP contribution is 2.32. The Kier molecular flexibility index (Phi) is 2.45. The predicted octanol–water partition coefficient (Wildman–Crippen LogP) is 2.04. The molecule has 0 spiro atoms. The van der Waals surface area contributed by atoms with Crippen LogP contribution in [0.5, 0.6) is 0 Å². The Morgan fingerprint density at radius 1 is 1.58 bits per heavy atom. The van der Waals surface area contributed by atoms with Gasteiger partial charge in [0.15, 0.2) is 0 Å². The van der Waals surface area contributed by atoms with Gasteiger partial charge < -0.3 is 4.90 Å². The summed E-state index contributed by atoms with van der Waals surface area (Å²) in [4.78, 5) is 13.5. The van der Waals surface area contributed by atoms with E-state index in [9.17, 15) is 4.79 Å². The van der Waals surface area contributed by atoms with Crippen molar-refractivity contribution in [1.82, 2.24) is 4.90 Å². The lowest BCUT2D eigenvalue weighted by molar-refractivity contribution is -0.134. The quantitative estimate of drug-likeness (QED) is 0.588. The third kappa shape index (κ3) is 1.62. The van der Waals surface area contributed by atoms with E-state index in [2.05, 4.69) is 20.8 Å². The van der Waals surface area contributed by atoms with Crippen LogP contribution in [0.4, 0.5) is 0 Å². The van der Waals surface area contributed by atoms with Crippen LogP contribution < -0.4 is 0 Å². The van der Waals surface area contributed by atoms with Crippen molar-refractivity contribution >= 4 is 5.91 Å². The van der Waals surface area contributed by atoms with Crippen LogP contribution in [0.25, 0.3) is 0 Å². The van der Waals surface area contributed by atoms with Gasteiger partial charge >= 0.3 is 0 Å². The summed E-state index contributed by atoms with van der Waals surface area (Å²) >= 11 is 0. The highest BCUT2D eigenvalue weighted by molar-refractivity contribution is 5.77. The smallest absolute Gasteiger partial charge is 0.222 e. The fraction of sp³-hybridized carbons (Fsp3) is 0.900. The van der Waals surface area contributed by atoms with Gasteiger partial charge in [-0.3, -0.25) is 4.79 Å². The van der Waals surface area contributed by atoms with Crippen molar-refractivity contribution in [3.8, 4) is 0 Å². The second-order valence-corrected chi connectivity index (χ2v) is 4.48. The largest absolute Gasteiger partial charge is 0.337 e. The summed E-state index contributed by atoms with van der Waals surface area (Å²) in [7, 11) is 0. The van der Waals surface area contributed by atoms with Gasteiger partial charge in [-0.05, 0) is 26.2 Å². The lowest BCUT2D eigenvalue weighted by Gasteiger charge is -2.31. The van der Waals surface area contributed by atoms with E-state index in [0.717, 1.165) is 13.0 Å². The third-order valence-corrected chi connectivity index (χ3v) is 2.68. The Hall–Kier alpha value is -0.530. The highest BCUT2D eigenvalue weighted by Gasteiger charge is 2.38. The van der Waals surface area contributed by atoms with Gasteiger partial charge in [-0.2, -0.15) is 0 Å². The monoisotopic (exact) mass is 169 g/mol. The van der Waals surface area contributed by atoms with E-state index in [-0.39, 0.29) is 5.54 Å². The van der Waals surface area contributed by atoms with E-state index in [1.165, 1.54) is 0 Å². The number of amides is 1. The van der Waals surface area contributed by atoms with E-state index >= 15 is 0 Å². The van der Waals surface area contributed by atoms with Crippen LogP contribution in [-0.2, 0) is 4.79 Å². The molecule has 12 heavy (non-hydrogen) atoms. The minimum atomic E-state index is 0.0898. The van der Waals surface area contributed by atoms with Gasteiger partial charge in [-0.1, -0.05) is 13.8 Å². The zero-order chi connectivity index (χ0) is 9.35. The van der Waals surface area contributed by atoms with Crippen LogP contribution in [0.3, 0.4) is 0 Å². The maximum atomic E-state index is 11.5. The molecule has 1 amide bonds. The van der Waals surface area contributed by atoms with Crippen LogP contribution in [-0.4, -0.2) is 22.9 Å². The fourth-order valence-corrected chi connectivity index (χ4v) is 2.22. The molecular formula is C10H19NO. The van der Waals surface area contributed by atoms with Crippen LogP contribution in [0.15, 0.2) is 0 Å². The molecule has 70 valence electrons. The zero-order valence-electron chi connectivity index (χ0n) is 8.55. The van der Waals surface area contributed by atoms with Crippen molar-refractivity contribution in [2.24, 2.45) is 5.92 Å². The summed E-state index contributed by atoms with van der Waals surface area (Å²) in [6.07, 6.45) is 1.77. The van der Waals surface area contributed by atoms with Gasteiger partial charge in [0, 0.05) is 18.5 Å². The average molecular weight is 169 g/mol. The van der Waals surface area contributed by atoms with Crippen LogP contribution in [0, 0.1) is 5.92 Å². The summed E-state index contributed by atoms with van der Waals surface area (Å²) < 4.78 is 0. The molecule has 1 unspecified atom stereocenters. The molecule has 1 heterocycles. The van der Waals surface area contributed by atoms with E-state index in [0.29, 0.717) is 18.2 Å². The third-order valence-electron chi connectivity index (χ3n) is 2.68. The van der Waals surface area contributed by atoms with Gasteiger partial charge in [0.2, 0.25) is 5.91 Å². The van der Waals surface area contributed by atoms with Crippen molar-refractivity contribution in [3.63, 3.8) is 0 Å². The Morgan fingerprint density at radius 2 is 2.17 bits per heavy atom. The molecule has 1 atom stereocenters. The van der Waals surface area contributed by atoms with Crippen molar-refractivity contribution < 1.29 is 4.79 Å². The molecule has 2 nitrogen and oxygen atoms in total. The molecule has 2 heteroatoms. The van der Waals surface area contributed by atoms with Crippen molar-refractivity contribution in [1.29, 1.82) is 0 Å². The molecular weight excluding hydrogens is 150 g/mol. The summed E-state index contributed by atoms with van der Waals surface area (Å²) in [6.45, 7) is 9.40. The zero-order valence-corrected chi connectivity index (χ0v) is 8.55. The lowest BCUT2D eigenvalue weighted by Crippen LogP contribution is -2.42. The average Bonchev–Trinajstić information content (AvgIpc) is 2.23. The predicted molar refractivity (Wildman–Crippen MR) is 49.9 cm³/mol. The summed E-state index contributed by atoms with van der Waals surface area (Å²) in [6, 6.07) is 0. The SMILES string of the molecule is CCC(=O)N1CC(C)CC1(C)C. The maximum absolute atomic E-state index is 11.5. The number of carbonyl (C=O) groups is 1. The molecule has 0 aliphatic carbocycles. The first kappa shape index (κ1) is 9.56. The Labute approximate surface area is 74.9 Å². The molecule has 1 saturated heterocycles. The number of nitrogens with zero attached hydrogens (tertiary/aromatic N) is 1. The van der Waals surface area contributed by atoms with Gasteiger partial charge in [-0.15, -0.1) is 0 Å². The Morgan fingerprint density at radius 3 is 2.50 bits per heavy atom. The number of hydrogen-bond acceptors (Lipinski definition) is 1. The lowest BCUT2D eigenvalue weighted by atomic mass is 9.97. The molecule has 0 bridgehead atoms. The van der Waals surface area contributed by atoms with E-state index in [4.69, 9.17) is 0 Å². The molecule has 0 aromatic heterocycles. The molecule has 0 radical (unpaired) electrons. The first-order chi connectivity index (χ1) is 5.47.